The van der Waals surface area contributed by atoms with Crippen molar-refractivity contribution in [1.82, 2.24) is 5.32 Å². The number of carbonyl (C=O) groups is 3. The largest absolute Gasteiger partial charge is 0.480 e. The summed E-state index contributed by atoms with van der Waals surface area (Å²) in [6, 6.07) is 9.86. The van der Waals surface area contributed by atoms with Crippen LogP contribution in [0.3, 0.4) is 0 Å². The van der Waals surface area contributed by atoms with Crippen molar-refractivity contribution >= 4 is 23.5 Å². The number of hydrogen-bond acceptors (Lipinski definition) is 6. The van der Waals surface area contributed by atoms with E-state index >= 15 is 0 Å². The first-order chi connectivity index (χ1) is 16.9. The predicted molar refractivity (Wildman–Crippen MR) is 129 cm³/mol. The highest BCUT2D eigenvalue weighted by molar-refractivity contribution is 5.93. The summed E-state index contributed by atoms with van der Waals surface area (Å²) in [5.74, 6) is -2.90. The Kier molecular flexibility index (Phi) is 12.7. The standard InChI is InChI=1S/C18H25F2NO4.C7H7N3O/c1-18(2,3)25-17(23)21-11-6-4-5-8-13(22)12-24-16-14(19)9-7-10-15(16)20;8-7(11)5-2-1-3-6(4-5)10-9/h7,9-10H,4-6,8,11-12H2,1-3H3,(H,21,23);1-4,9H,(H2,8,11)/p+1. The number of rotatable bonds is 11. The summed E-state index contributed by atoms with van der Waals surface area (Å²) < 4.78 is 36.7. The van der Waals surface area contributed by atoms with Crippen molar-refractivity contribution in [1.29, 1.82) is 0 Å². The Hall–Kier alpha value is -3.89. The van der Waals surface area contributed by atoms with Gasteiger partial charge in [-0.15, -0.1) is 0 Å². The highest BCUT2D eigenvalue weighted by atomic mass is 19.1. The summed E-state index contributed by atoms with van der Waals surface area (Å²) >= 11 is 0. The molecule has 2 aromatic carbocycles. The van der Waals surface area contributed by atoms with Gasteiger partial charge in [-0.2, -0.15) is 5.53 Å². The highest BCUT2D eigenvalue weighted by Gasteiger charge is 2.15. The maximum absolute atomic E-state index is 13.3. The Morgan fingerprint density at radius 1 is 1.03 bits per heavy atom. The lowest BCUT2D eigenvalue weighted by Gasteiger charge is -2.19. The summed E-state index contributed by atoms with van der Waals surface area (Å²) in [5.41, 5.74) is 10.4. The van der Waals surface area contributed by atoms with Gasteiger partial charge in [-0.05, 0) is 69.1 Å². The number of amides is 2. The number of nitrogens with two attached hydrogens (primary N) is 2. The van der Waals surface area contributed by atoms with E-state index in [2.05, 4.69) is 10.4 Å². The molecule has 0 aliphatic rings. The topological polar surface area (TPSA) is 146 Å². The zero-order chi connectivity index (χ0) is 27.1. The van der Waals surface area contributed by atoms with Gasteiger partial charge in [0.05, 0.1) is 0 Å². The number of Topliss-reactive ketones (excluding diaryl/α,β-unsaturated/α-hetero) is 1. The van der Waals surface area contributed by atoms with E-state index in [4.69, 9.17) is 20.7 Å². The Balaban J connectivity index is 0.000000488. The maximum Gasteiger partial charge on any atom is 0.407 e. The third-order valence-electron chi connectivity index (χ3n) is 4.38. The van der Waals surface area contributed by atoms with E-state index in [1.165, 1.54) is 12.1 Å². The van der Waals surface area contributed by atoms with Crippen LogP contribution in [-0.2, 0) is 9.53 Å². The van der Waals surface area contributed by atoms with Gasteiger partial charge in [0.1, 0.15) is 17.9 Å². The monoisotopic (exact) mass is 507 g/mol. The number of ether oxygens (including phenoxy) is 2. The van der Waals surface area contributed by atoms with Gasteiger partial charge in [0.2, 0.25) is 5.91 Å². The van der Waals surface area contributed by atoms with Gasteiger partial charge in [0, 0.05) is 18.5 Å². The number of unbranched alkanes of at least 4 members (excludes halogenated alkanes) is 2. The van der Waals surface area contributed by atoms with Crippen LogP contribution in [-0.4, -0.2) is 36.5 Å². The number of benzene rings is 2. The second kappa shape index (κ2) is 15.2. The molecular formula is C25H33F2N4O5+. The van der Waals surface area contributed by atoms with Crippen LogP contribution in [0.4, 0.5) is 19.3 Å². The molecule has 0 atom stereocenters. The van der Waals surface area contributed by atoms with Gasteiger partial charge in [0.15, 0.2) is 23.2 Å². The van der Waals surface area contributed by atoms with Crippen LogP contribution >= 0.6 is 0 Å². The molecule has 0 radical (unpaired) electrons. The second-order valence-corrected chi connectivity index (χ2v) is 8.66. The molecule has 0 fully saturated rings. The van der Waals surface area contributed by atoms with Gasteiger partial charge in [-0.1, -0.05) is 18.6 Å². The Labute approximate surface area is 208 Å². The van der Waals surface area contributed by atoms with Crippen LogP contribution in [0.1, 0.15) is 56.8 Å². The number of para-hydroxylation sites is 1. The molecule has 0 aliphatic carbocycles. The van der Waals surface area contributed by atoms with Gasteiger partial charge < -0.3 is 20.5 Å². The molecule has 9 nitrogen and oxygen atoms in total. The average Bonchev–Trinajstić information content (AvgIpc) is 2.80. The van der Waals surface area contributed by atoms with Crippen LogP contribution in [0, 0.1) is 11.6 Å². The first-order valence-corrected chi connectivity index (χ1v) is 11.3. The number of alkyl carbamates (subject to hydrolysis) is 1. The van der Waals surface area contributed by atoms with E-state index in [0.29, 0.717) is 30.6 Å². The number of ketones is 1. The van der Waals surface area contributed by atoms with Crippen molar-refractivity contribution in [3.05, 3.63) is 59.7 Å². The molecule has 0 aliphatic heterocycles. The first kappa shape index (κ1) is 30.1. The molecule has 0 spiro atoms. The summed E-state index contributed by atoms with van der Waals surface area (Å²) in [7, 11) is 0. The van der Waals surface area contributed by atoms with Crippen molar-refractivity contribution in [2.75, 3.05) is 13.2 Å². The number of carbonyl (C=O) groups excluding carboxylic acids is 3. The van der Waals surface area contributed by atoms with Gasteiger partial charge in [-0.3, -0.25) is 9.59 Å². The number of nitrogens with one attached hydrogen (secondary N) is 1. The average molecular weight is 508 g/mol. The summed E-state index contributed by atoms with van der Waals surface area (Å²) in [6.45, 7) is 5.45. The molecule has 0 unspecified atom stereocenters. The molecule has 0 heterocycles. The minimum Gasteiger partial charge on any atom is -0.480 e. The van der Waals surface area contributed by atoms with Crippen LogP contribution in [0.25, 0.3) is 0 Å². The van der Waals surface area contributed by atoms with Crippen LogP contribution < -0.4 is 21.3 Å². The van der Waals surface area contributed by atoms with Crippen molar-refractivity contribution in [2.45, 2.75) is 52.1 Å². The van der Waals surface area contributed by atoms with Gasteiger partial charge in [0.25, 0.3) is 0 Å². The van der Waals surface area contributed by atoms with Crippen LogP contribution in [0.5, 0.6) is 5.75 Å². The molecule has 196 valence electrons. The predicted octanol–water partition coefficient (Wildman–Crippen LogP) is 3.63. The molecule has 0 aromatic heterocycles. The highest BCUT2D eigenvalue weighted by Crippen LogP contribution is 2.20. The quantitative estimate of drug-likeness (QED) is 0.314. The van der Waals surface area contributed by atoms with E-state index in [1.54, 1.807) is 39.0 Å². The molecule has 11 heteroatoms. The number of halogens is 2. The fraction of sp³-hybridized carbons (Fsp3) is 0.400. The SMILES string of the molecule is CC(C)(C)OC(=O)NCCCCCC(=O)COc1c(F)cccc1F.NC(=O)c1cccc(N=[NH2+])c1. The smallest absolute Gasteiger partial charge is 0.407 e. The van der Waals surface area contributed by atoms with Crippen molar-refractivity contribution in [3.63, 3.8) is 0 Å². The van der Waals surface area contributed by atoms with Crippen molar-refractivity contribution < 1.29 is 38.2 Å². The van der Waals surface area contributed by atoms with E-state index in [0.717, 1.165) is 18.6 Å². The Bertz CT molecular complexity index is 1020. The molecule has 5 N–H and O–H groups in total. The maximum atomic E-state index is 13.3. The Morgan fingerprint density at radius 2 is 1.67 bits per heavy atom. The van der Waals surface area contributed by atoms with Crippen molar-refractivity contribution in [3.8, 4) is 5.75 Å². The molecule has 2 amide bonds. The van der Waals surface area contributed by atoms with E-state index in [9.17, 15) is 23.2 Å². The second-order valence-electron chi connectivity index (χ2n) is 8.66. The molecule has 2 aromatic rings. The first-order valence-electron chi connectivity index (χ1n) is 11.3. The fourth-order valence-corrected chi connectivity index (χ4v) is 2.71. The minimum absolute atomic E-state index is 0.234. The molecule has 36 heavy (non-hydrogen) atoms. The van der Waals surface area contributed by atoms with Gasteiger partial charge in [-0.25, -0.2) is 13.6 Å². The number of hydrogen-bond donors (Lipinski definition) is 3. The molecule has 0 saturated heterocycles. The summed E-state index contributed by atoms with van der Waals surface area (Å²) in [5, 5.41) is 6.04. The summed E-state index contributed by atoms with van der Waals surface area (Å²) in [4.78, 5) is 33.7. The normalized spacial score (nSPS) is 10.5. The lowest BCUT2D eigenvalue weighted by Crippen LogP contribution is -2.33. The molecular weight excluding hydrogens is 474 g/mol. The fourth-order valence-electron chi connectivity index (χ4n) is 2.71. The third kappa shape index (κ3) is 12.5. The summed E-state index contributed by atoms with van der Waals surface area (Å²) in [6.07, 6.45) is 1.83. The van der Waals surface area contributed by atoms with E-state index < -0.39 is 35.0 Å². The lowest BCUT2D eigenvalue weighted by molar-refractivity contribution is -0.210. The van der Waals surface area contributed by atoms with E-state index in [1.807, 2.05) is 0 Å². The number of primary amides is 1. The van der Waals surface area contributed by atoms with Crippen LogP contribution in [0.2, 0.25) is 0 Å². The van der Waals surface area contributed by atoms with Crippen molar-refractivity contribution in [2.24, 2.45) is 10.8 Å². The molecule has 2 rings (SSSR count). The third-order valence-corrected chi connectivity index (χ3v) is 4.38. The van der Waals surface area contributed by atoms with Gasteiger partial charge >= 0.3 is 6.09 Å². The zero-order valence-electron chi connectivity index (χ0n) is 20.7. The van der Waals surface area contributed by atoms with E-state index in [-0.39, 0.29) is 18.8 Å². The van der Waals surface area contributed by atoms with Crippen LogP contribution in [0.15, 0.2) is 47.6 Å². The zero-order valence-corrected chi connectivity index (χ0v) is 20.7. The molecule has 0 saturated carbocycles. The minimum atomic E-state index is -0.832. The molecule has 0 bridgehead atoms. The Morgan fingerprint density at radius 3 is 2.25 bits per heavy atom. The number of nitrogens with zero attached hydrogens (tertiary/aromatic N) is 1. The lowest BCUT2D eigenvalue weighted by atomic mass is 10.1.